The molecule has 0 amide bonds. The summed E-state index contributed by atoms with van der Waals surface area (Å²) in [5, 5.41) is 0. The molecule has 0 aromatic heterocycles. The summed E-state index contributed by atoms with van der Waals surface area (Å²) in [7, 11) is 4.22. The van der Waals surface area contributed by atoms with Gasteiger partial charge in [-0.2, -0.15) is 0 Å². The predicted octanol–water partition coefficient (Wildman–Crippen LogP) is 4.28. The molecule has 0 spiro atoms. The summed E-state index contributed by atoms with van der Waals surface area (Å²) >= 11 is 0. The van der Waals surface area contributed by atoms with Crippen molar-refractivity contribution in [2.75, 3.05) is 20.6 Å². The van der Waals surface area contributed by atoms with Gasteiger partial charge in [-0.1, -0.05) is 29.8 Å². The lowest BCUT2D eigenvalue weighted by atomic mass is 10.1. The van der Waals surface area contributed by atoms with E-state index < -0.39 is 0 Å². The summed E-state index contributed by atoms with van der Waals surface area (Å²) in [6, 6.07) is 16.5. The van der Waals surface area contributed by atoms with Gasteiger partial charge in [0.15, 0.2) is 0 Å². The molecule has 0 saturated carbocycles. The molecule has 2 aromatic rings. The Kier molecular flexibility index (Phi) is 5.19. The first-order valence-corrected chi connectivity index (χ1v) is 7.12. The Morgan fingerprint density at radius 1 is 0.950 bits per heavy atom. The van der Waals surface area contributed by atoms with Gasteiger partial charge in [-0.05, 0) is 70.2 Å². The lowest BCUT2D eigenvalue weighted by molar-refractivity contribution is 0.400. The fourth-order valence-corrected chi connectivity index (χ4v) is 2.11. The van der Waals surface area contributed by atoms with Crippen molar-refractivity contribution in [3.8, 4) is 11.5 Å². The van der Waals surface area contributed by atoms with Crippen LogP contribution in [0.3, 0.4) is 0 Å². The number of ether oxygens (including phenoxy) is 1. The quantitative estimate of drug-likeness (QED) is 0.776. The molecule has 0 heterocycles. The van der Waals surface area contributed by atoms with E-state index in [1.54, 1.807) is 0 Å². The van der Waals surface area contributed by atoms with Crippen LogP contribution >= 0.6 is 0 Å². The zero-order chi connectivity index (χ0) is 14.4. The molecule has 2 aromatic carbocycles. The summed E-state index contributed by atoms with van der Waals surface area (Å²) in [6.45, 7) is 3.19. The Morgan fingerprint density at radius 3 is 2.40 bits per heavy atom. The summed E-state index contributed by atoms with van der Waals surface area (Å²) < 4.78 is 5.89. The highest BCUT2D eigenvalue weighted by Gasteiger charge is 2.00. The number of rotatable bonds is 6. The summed E-state index contributed by atoms with van der Waals surface area (Å²) in [4.78, 5) is 2.21. The second-order valence-electron chi connectivity index (χ2n) is 5.47. The summed E-state index contributed by atoms with van der Waals surface area (Å²) in [6.07, 6.45) is 2.25. The molecule has 0 aliphatic carbocycles. The summed E-state index contributed by atoms with van der Waals surface area (Å²) in [5.74, 6) is 1.80. The third-order valence-corrected chi connectivity index (χ3v) is 3.23. The molecule has 2 nitrogen and oxygen atoms in total. The van der Waals surface area contributed by atoms with Gasteiger partial charge in [0.2, 0.25) is 0 Å². The molecule has 106 valence electrons. The van der Waals surface area contributed by atoms with E-state index in [0.29, 0.717) is 0 Å². The summed E-state index contributed by atoms with van der Waals surface area (Å²) in [5.41, 5.74) is 2.58. The predicted molar refractivity (Wildman–Crippen MR) is 84.6 cm³/mol. The maximum absolute atomic E-state index is 5.89. The van der Waals surface area contributed by atoms with Crippen LogP contribution in [-0.2, 0) is 6.42 Å². The average molecular weight is 269 g/mol. The van der Waals surface area contributed by atoms with Crippen LogP contribution in [0, 0.1) is 6.92 Å². The third kappa shape index (κ3) is 4.71. The van der Waals surface area contributed by atoms with Crippen molar-refractivity contribution in [2.45, 2.75) is 19.8 Å². The van der Waals surface area contributed by atoms with Crippen LogP contribution in [0.15, 0.2) is 48.5 Å². The van der Waals surface area contributed by atoms with Gasteiger partial charge in [0, 0.05) is 0 Å². The van der Waals surface area contributed by atoms with Crippen molar-refractivity contribution in [1.29, 1.82) is 0 Å². The second-order valence-corrected chi connectivity index (χ2v) is 5.47. The van der Waals surface area contributed by atoms with Crippen LogP contribution in [0.25, 0.3) is 0 Å². The van der Waals surface area contributed by atoms with E-state index in [1.165, 1.54) is 17.5 Å². The molecule has 0 aliphatic heterocycles. The van der Waals surface area contributed by atoms with E-state index >= 15 is 0 Å². The molecule has 20 heavy (non-hydrogen) atoms. The maximum atomic E-state index is 5.89. The fraction of sp³-hybridized carbons (Fsp3) is 0.333. The first-order valence-electron chi connectivity index (χ1n) is 7.12. The van der Waals surface area contributed by atoms with Crippen molar-refractivity contribution in [2.24, 2.45) is 0 Å². The highest BCUT2D eigenvalue weighted by Crippen LogP contribution is 2.23. The van der Waals surface area contributed by atoms with Crippen LogP contribution in [0.1, 0.15) is 17.5 Å². The first kappa shape index (κ1) is 14.6. The number of nitrogens with zero attached hydrogens (tertiary/aromatic N) is 1. The molecule has 0 saturated heterocycles. The van der Waals surface area contributed by atoms with Crippen molar-refractivity contribution >= 4 is 0 Å². The second kappa shape index (κ2) is 7.11. The minimum absolute atomic E-state index is 0.890. The van der Waals surface area contributed by atoms with E-state index in [9.17, 15) is 0 Å². The van der Waals surface area contributed by atoms with Crippen molar-refractivity contribution < 1.29 is 4.74 Å². The molecule has 0 fully saturated rings. The number of hydrogen-bond acceptors (Lipinski definition) is 2. The smallest absolute Gasteiger partial charge is 0.127 e. The van der Waals surface area contributed by atoms with Crippen LogP contribution < -0.4 is 4.74 Å². The molecule has 2 rings (SSSR count). The standard InChI is InChI=1S/C18H23NO/c1-15-9-11-17(12-10-15)20-18-8-4-6-16(14-18)7-5-13-19(2)3/h4,6,8-12,14H,5,7,13H2,1-3H3. The molecular formula is C18H23NO. The third-order valence-electron chi connectivity index (χ3n) is 3.23. The van der Waals surface area contributed by atoms with Gasteiger partial charge in [0.1, 0.15) is 11.5 Å². The number of benzene rings is 2. The Balaban J connectivity index is 1.96. The zero-order valence-corrected chi connectivity index (χ0v) is 12.6. The van der Waals surface area contributed by atoms with E-state index in [1.807, 2.05) is 18.2 Å². The van der Waals surface area contributed by atoms with E-state index in [0.717, 1.165) is 24.5 Å². The van der Waals surface area contributed by atoms with Gasteiger partial charge in [-0.3, -0.25) is 0 Å². The number of aryl methyl sites for hydroxylation is 2. The molecule has 0 N–H and O–H groups in total. The SMILES string of the molecule is Cc1ccc(Oc2cccc(CCCN(C)C)c2)cc1. The highest BCUT2D eigenvalue weighted by atomic mass is 16.5. The lowest BCUT2D eigenvalue weighted by Gasteiger charge is -2.10. The minimum atomic E-state index is 0.890. The first-order chi connectivity index (χ1) is 9.63. The highest BCUT2D eigenvalue weighted by molar-refractivity contribution is 5.35. The maximum Gasteiger partial charge on any atom is 0.127 e. The van der Waals surface area contributed by atoms with Crippen molar-refractivity contribution in [1.82, 2.24) is 4.90 Å². The normalized spacial score (nSPS) is 10.8. The van der Waals surface area contributed by atoms with Crippen LogP contribution in [0.4, 0.5) is 0 Å². The zero-order valence-electron chi connectivity index (χ0n) is 12.6. The van der Waals surface area contributed by atoms with Crippen molar-refractivity contribution in [3.63, 3.8) is 0 Å². The minimum Gasteiger partial charge on any atom is -0.457 e. The monoisotopic (exact) mass is 269 g/mol. The van der Waals surface area contributed by atoms with Gasteiger partial charge in [-0.15, -0.1) is 0 Å². The Hall–Kier alpha value is -1.80. The van der Waals surface area contributed by atoms with Gasteiger partial charge in [0.05, 0.1) is 0 Å². The molecule has 0 atom stereocenters. The molecule has 0 bridgehead atoms. The van der Waals surface area contributed by atoms with Gasteiger partial charge < -0.3 is 9.64 Å². The van der Waals surface area contributed by atoms with Gasteiger partial charge in [0.25, 0.3) is 0 Å². The van der Waals surface area contributed by atoms with Crippen LogP contribution in [0.2, 0.25) is 0 Å². The van der Waals surface area contributed by atoms with E-state index in [-0.39, 0.29) is 0 Å². The molecule has 2 heteroatoms. The lowest BCUT2D eigenvalue weighted by Crippen LogP contribution is -2.13. The van der Waals surface area contributed by atoms with Gasteiger partial charge in [-0.25, -0.2) is 0 Å². The van der Waals surface area contributed by atoms with Crippen LogP contribution in [-0.4, -0.2) is 25.5 Å². The Labute approximate surface area is 122 Å². The molecule has 0 radical (unpaired) electrons. The molecular weight excluding hydrogens is 246 g/mol. The number of hydrogen-bond donors (Lipinski definition) is 0. The van der Waals surface area contributed by atoms with Gasteiger partial charge >= 0.3 is 0 Å². The molecule has 0 unspecified atom stereocenters. The fourth-order valence-electron chi connectivity index (χ4n) is 2.11. The molecule has 0 aliphatic rings. The van der Waals surface area contributed by atoms with Crippen molar-refractivity contribution in [3.05, 3.63) is 59.7 Å². The Bertz CT molecular complexity index is 531. The van der Waals surface area contributed by atoms with E-state index in [2.05, 4.69) is 56.3 Å². The van der Waals surface area contributed by atoms with E-state index in [4.69, 9.17) is 4.74 Å². The largest absolute Gasteiger partial charge is 0.457 e. The topological polar surface area (TPSA) is 12.5 Å². The average Bonchev–Trinajstić information content (AvgIpc) is 2.41. The Morgan fingerprint density at radius 2 is 1.70 bits per heavy atom. The van der Waals surface area contributed by atoms with Crippen LogP contribution in [0.5, 0.6) is 11.5 Å².